The average molecular weight is 132 g/mol. The van der Waals surface area contributed by atoms with E-state index in [1.807, 2.05) is 6.08 Å². The number of alkyl halides is 1. The van der Waals surface area contributed by atoms with Gasteiger partial charge in [-0.15, -0.1) is 11.6 Å². The first-order valence-electron chi connectivity index (χ1n) is 2.77. The molecule has 2 N–H and O–H groups in total. The highest BCUT2D eigenvalue weighted by atomic mass is 35.5. The van der Waals surface area contributed by atoms with Crippen molar-refractivity contribution < 1.29 is 0 Å². The highest BCUT2D eigenvalue weighted by Crippen LogP contribution is 2.20. The van der Waals surface area contributed by atoms with E-state index in [1.165, 1.54) is 5.57 Å². The van der Waals surface area contributed by atoms with Crippen molar-refractivity contribution in [1.82, 2.24) is 0 Å². The third-order valence-corrected chi connectivity index (χ3v) is 1.86. The Morgan fingerprint density at radius 2 is 2.50 bits per heavy atom. The maximum atomic E-state index is 5.76. The van der Waals surface area contributed by atoms with E-state index in [0.717, 1.165) is 6.42 Å². The van der Waals surface area contributed by atoms with Gasteiger partial charge < -0.3 is 5.73 Å². The molecule has 0 amide bonds. The van der Waals surface area contributed by atoms with Crippen molar-refractivity contribution in [3.8, 4) is 0 Å². The van der Waals surface area contributed by atoms with E-state index in [2.05, 4.69) is 6.92 Å². The van der Waals surface area contributed by atoms with Gasteiger partial charge in [0.05, 0.1) is 5.38 Å². The van der Waals surface area contributed by atoms with Crippen molar-refractivity contribution in [3.05, 3.63) is 11.6 Å². The Bertz CT molecular complexity index is 120. The van der Waals surface area contributed by atoms with Crippen LogP contribution in [0.4, 0.5) is 0 Å². The summed E-state index contributed by atoms with van der Waals surface area (Å²) in [5.74, 6) is 0. The van der Waals surface area contributed by atoms with Crippen LogP contribution >= 0.6 is 11.6 Å². The number of rotatable bonds is 0. The molecule has 1 aliphatic carbocycles. The SMILES string of the molecule is CC1=C[C@@H](Cl)[C@@H](N)C1. The fraction of sp³-hybridized carbons (Fsp3) is 0.667. The summed E-state index contributed by atoms with van der Waals surface area (Å²) in [5.41, 5.74) is 6.90. The molecule has 0 unspecified atom stereocenters. The van der Waals surface area contributed by atoms with Crippen molar-refractivity contribution in [3.63, 3.8) is 0 Å². The molecular weight excluding hydrogens is 122 g/mol. The molecule has 2 heteroatoms. The van der Waals surface area contributed by atoms with Gasteiger partial charge in [-0.25, -0.2) is 0 Å². The summed E-state index contributed by atoms with van der Waals surface area (Å²) in [5, 5.41) is 0.0787. The van der Waals surface area contributed by atoms with Gasteiger partial charge in [0.1, 0.15) is 0 Å². The summed E-state index contributed by atoms with van der Waals surface area (Å²) in [6.45, 7) is 2.06. The number of hydrogen-bond acceptors (Lipinski definition) is 1. The Hall–Kier alpha value is -0.0100. The lowest BCUT2D eigenvalue weighted by Crippen LogP contribution is -2.24. The maximum absolute atomic E-state index is 5.76. The molecule has 0 aliphatic heterocycles. The molecule has 0 spiro atoms. The number of hydrogen-bond donors (Lipinski definition) is 1. The molecule has 0 saturated carbocycles. The molecule has 2 atom stereocenters. The van der Waals surface area contributed by atoms with Crippen LogP contribution in [0.2, 0.25) is 0 Å². The van der Waals surface area contributed by atoms with Crippen molar-refractivity contribution in [2.45, 2.75) is 24.8 Å². The normalized spacial score (nSPS) is 37.6. The lowest BCUT2D eigenvalue weighted by molar-refractivity contribution is 0.726. The van der Waals surface area contributed by atoms with Gasteiger partial charge in [-0.2, -0.15) is 0 Å². The minimum atomic E-state index is 0.0787. The van der Waals surface area contributed by atoms with Gasteiger partial charge in [0.25, 0.3) is 0 Å². The first-order valence-corrected chi connectivity index (χ1v) is 3.21. The predicted octanol–water partition coefficient (Wildman–Crippen LogP) is 1.27. The fourth-order valence-electron chi connectivity index (χ4n) is 0.948. The average Bonchev–Trinajstić information content (AvgIpc) is 1.85. The largest absolute Gasteiger partial charge is 0.326 e. The van der Waals surface area contributed by atoms with Crippen molar-refractivity contribution >= 4 is 11.6 Å². The summed E-state index contributed by atoms with van der Waals surface area (Å²) >= 11 is 5.76. The minimum Gasteiger partial charge on any atom is -0.326 e. The van der Waals surface area contributed by atoms with E-state index >= 15 is 0 Å². The number of nitrogens with two attached hydrogens (primary N) is 1. The van der Waals surface area contributed by atoms with Crippen LogP contribution in [0, 0.1) is 0 Å². The smallest absolute Gasteiger partial charge is 0.0672 e. The van der Waals surface area contributed by atoms with Gasteiger partial charge in [-0.05, 0) is 13.3 Å². The van der Waals surface area contributed by atoms with E-state index < -0.39 is 0 Å². The topological polar surface area (TPSA) is 26.0 Å². The van der Waals surface area contributed by atoms with Crippen LogP contribution in [-0.2, 0) is 0 Å². The van der Waals surface area contributed by atoms with Gasteiger partial charge in [-0.3, -0.25) is 0 Å². The lowest BCUT2D eigenvalue weighted by Gasteiger charge is -2.03. The molecule has 0 aromatic heterocycles. The Morgan fingerprint density at radius 1 is 1.88 bits per heavy atom. The maximum Gasteiger partial charge on any atom is 0.0672 e. The monoisotopic (exact) mass is 131 g/mol. The third kappa shape index (κ3) is 1.04. The summed E-state index contributed by atoms with van der Waals surface area (Å²) in [4.78, 5) is 0. The fourth-order valence-corrected chi connectivity index (χ4v) is 1.25. The quantitative estimate of drug-likeness (QED) is 0.389. The second kappa shape index (κ2) is 2.08. The first kappa shape index (κ1) is 6.12. The molecule has 46 valence electrons. The van der Waals surface area contributed by atoms with Gasteiger partial charge in [0.2, 0.25) is 0 Å². The second-order valence-electron chi connectivity index (χ2n) is 2.33. The molecular formula is C6H10ClN. The van der Waals surface area contributed by atoms with E-state index in [0.29, 0.717) is 0 Å². The molecule has 0 saturated heterocycles. The predicted molar refractivity (Wildman–Crippen MR) is 36.0 cm³/mol. The van der Waals surface area contributed by atoms with E-state index in [1.54, 1.807) is 0 Å². The summed E-state index contributed by atoms with van der Waals surface area (Å²) in [6.07, 6.45) is 2.99. The molecule has 8 heavy (non-hydrogen) atoms. The zero-order chi connectivity index (χ0) is 6.15. The Kier molecular flexibility index (Phi) is 1.59. The summed E-state index contributed by atoms with van der Waals surface area (Å²) < 4.78 is 0. The van der Waals surface area contributed by atoms with E-state index in [9.17, 15) is 0 Å². The zero-order valence-corrected chi connectivity index (χ0v) is 5.65. The Labute approximate surface area is 54.5 Å². The van der Waals surface area contributed by atoms with Crippen LogP contribution < -0.4 is 5.73 Å². The molecule has 0 aromatic rings. The van der Waals surface area contributed by atoms with Crippen molar-refractivity contribution in [1.29, 1.82) is 0 Å². The molecule has 1 aliphatic rings. The van der Waals surface area contributed by atoms with Crippen molar-refractivity contribution in [2.75, 3.05) is 0 Å². The van der Waals surface area contributed by atoms with Crippen LogP contribution in [0.15, 0.2) is 11.6 Å². The molecule has 0 fully saturated rings. The molecule has 0 radical (unpaired) electrons. The molecule has 0 aromatic carbocycles. The standard InChI is InChI=1S/C6H10ClN/c1-4-2-5(7)6(8)3-4/h2,5-6H,3,8H2,1H3/t5-,6+/m1/s1. The Morgan fingerprint density at radius 3 is 2.62 bits per heavy atom. The Balaban J connectivity index is 2.56. The molecule has 0 heterocycles. The lowest BCUT2D eigenvalue weighted by atomic mass is 10.2. The van der Waals surface area contributed by atoms with Crippen LogP contribution in [0.5, 0.6) is 0 Å². The van der Waals surface area contributed by atoms with Gasteiger partial charge >= 0.3 is 0 Å². The van der Waals surface area contributed by atoms with Crippen LogP contribution in [0.3, 0.4) is 0 Å². The summed E-state index contributed by atoms with van der Waals surface area (Å²) in [6, 6.07) is 0.164. The van der Waals surface area contributed by atoms with E-state index in [-0.39, 0.29) is 11.4 Å². The van der Waals surface area contributed by atoms with Gasteiger partial charge in [-0.1, -0.05) is 11.6 Å². The molecule has 0 bridgehead atoms. The van der Waals surface area contributed by atoms with Gasteiger partial charge in [0.15, 0.2) is 0 Å². The third-order valence-electron chi connectivity index (χ3n) is 1.41. The molecule has 1 nitrogen and oxygen atoms in total. The van der Waals surface area contributed by atoms with Crippen LogP contribution in [0.1, 0.15) is 13.3 Å². The van der Waals surface area contributed by atoms with Crippen LogP contribution in [0.25, 0.3) is 0 Å². The minimum absolute atomic E-state index is 0.0787. The van der Waals surface area contributed by atoms with Crippen LogP contribution in [-0.4, -0.2) is 11.4 Å². The summed E-state index contributed by atoms with van der Waals surface area (Å²) in [7, 11) is 0. The second-order valence-corrected chi connectivity index (χ2v) is 2.83. The highest BCUT2D eigenvalue weighted by molar-refractivity contribution is 6.22. The highest BCUT2D eigenvalue weighted by Gasteiger charge is 2.18. The zero-order valence-electron chi connectivity index (χ0n) is 4.89. The first-order chi connectivity index (χ1) is 3.70. The number of halogens is 1. The van der Waals surface area contributed by atoms with Crippen molar-refractivity contribution in [2.24, 2.45) is 5.73 Å². The molecule has 1 rings (SSSR count). The van der Waals surface area contributed by atoms with Gasteiger partial charge in [0, 0.05) is 6.04 Å². The van der Waals surface area contributed by atoms with E-state index in [4.69, 9.17) is 17.3 Å².